The Balaban J connectivity index is 2.75. The molecular weight excluding hydrogens is 240 g/mol. The molecule has 0 aromatic carbocycles. The highest BCUT2D eigenvalue weighted by Crippen LogP contribution is 2.11. The summed E-state index contributed by atoms with van der Waals surface area (Å²) in [6.07, 6.45) is 4.34. The summed E-state index contributed by atoms with van der Waals surface area (Å²) in [6, 6.07) is 0. The van der Waals surface area contributed by atoms with Crippen molar-refractivity contribution in [3.63, 3.8) is 0 Å². The van der Waals surface area contributed by atoms with E-state index in [1.165, 1.54) is 12.5 Å². The summed E-state index contributed by atoms with van der Waals surface area (Å²) < 4.78 is 27.9. The van der Waals surface area contributed by atoms with Crippen molar-refractivity contribution in [2.24, 2.45) is 12.8 Å². The topological polar surface area (TPSA) is 90.0 Å². The molecule has 6 nitrogen and oxygen atoms in total. The lowest BCUT2D eigenvalue weighted by molar-refractivity contribution is 0.391. The van der Waals surface area contributed by atoms with Crippen LogP contribution in [0.4, 0.5) is 0 Å². The first-order valence-corrected chi connectivity index (χ1v) is 7.08. The van der Waals surface area contributed by atoms with Gasteiger partial charge in [-0.3, -0.25) is 0 Å². The molecule has 0 atom stereocenters. The van der Waals surface area contributed by atoms with Gasteiger partial charge in [-0.05, 0) is 12.8 Å². The fraction of sp³-hybridized carbons (Fsp3) is 0.700. The molecule has 0 radical (unpaired) electrons. The van der Waals surface area contributed by atoms with Crippen molar-refractivity contribution in [1.29, 1.82) is 0 Å². The van der Waals surface area contributed by atoms with Crippen LogP contribution in [-0.4, -0.2) is 30.1 Å². The summed E-state index contributed by atoms with van der Waals surface area (Å²) >= 11 is 0. The van der Waals surface area contributed by atoms with Crippen LogP contribution in [-0.2, 0) is 17.1 Å². The number of nitrogens with zero attached hydrogens (tertiary/aromatic N) is 2. The Kier molecular flexibility index (Phi) is 4.29. The zero-order chi connectivity index (χ0) is 13.1. The molecule has 17 heavy (non-hydrogen) atoms. The van der Waals surface area contributed by atoms with Crippen LogP contribution in [0.2, 0.25) is 0 Å². The molecule has 0 fully saturated rings. The second-order valence-electron chi connectivity index (χ2n) is 4.27. The molecular formula is C10H20N4O2S. The van der Waals surface area contributed by atoms with Gasteiger partial charge in [0.05, 0.1) is 6.33 Å². The van der Waals surface area contributed by atoms with Gasteiger partial charge >= 0.3 is 0 Å². The third kappa shape index (κ3) is 3.52. The molecule has 0 saturated heterocycles. The van der Waals surface area contributed by atoms with Gasteiger partial charge in [0.1, 0.15) is 0 Å². The number of nitrogens with one attached hydrogen (secondary N) is 1. The molecule has 0 bridgehead atoms. The zero-order valence-corrected chi connectivity index (χ0v) is 11.3. The van der Waals surface area contributed by atoms with E-state index in [1.807, 2.05) is 13.8 Å². The van der Waals surface area contributed by atoms with E-state index in [1.54, 1.807) is 11.6 Å². The molecule has 98 valence electrons. The number of sulfonamides is 1. The number of rotatable bonds is 6. The summed E-state index contributed by atoms with van der Waals surface area (Å²) in [5.41, 5.74) is 5.54. The molecule has 1 aromatic heterocycles. The van der Waals surface area contributed by atoms with Crippen molar-refractivity contribution in [2.75, 3.05) is 6.54 Å². The van der Waals surface area contributed by atoms with Crippen LogP contribution < -0.4 is 10.5 Å². The molecule has 7 heteroatoms. The molecule has 0 aliphatic heterocycles. The molecule has 3 N–H and O–H groups in total. The summed E-state index contributed by atoms with van der Waals surface area (Å²) in [4.78, 5) is 3.81. The highest BCUT2D eigenvalue weighted by atomic mass is 32.2. The first kappa shape index (κ1) is 14.1. The maximum atomic E-state index is 11.9. The third-order valence-electron chi connectivity index (χ3n) is 2.98. The van der Waals surface area contributed by atoms with Gasteiger partial charge in [-0.25, -0.2) is 18.1 Å². The lowest BCUT2D eigenvalue weighted by Crippen LogP contribution is -2.49. The van der Waals surface area contributed by atoms with Gasteiger partial charge in [-0.2, -0.15) is 0 Å². The lowest BCUT2D eigenvalue weighted by Gasteiger charge is -2.26. The summed E-state index contributed by atoms with van der Waals surface area (Å²) in [5, 5.41) is 0.0227. The normalized spacial score (nSPS) is 12.9. The fourth-order valence-electron chi connectivity index (χ4n) is 1.34. The number of aryl methyl sites for hydroxylation is 1. The number of imidazole rings is 1. The average Bonchev–Trinajstić information content (AvgIpc) is 2.74. The average molecular weight is 260 g/mol. The largest absolute Gasteiger partial charge is 0.339 e. The van der Waals surface area contributed by atoms with Crippen LogP contribution in [0.5, 0.6) is 0 Å². The van der Waals surface area contributed by atoms with Crippen molar-refractivity contribution < 1.29 is 8.42 Å². The van der Waals surface area contributed by atoms with Crippen LogP contribution >= 0.6 is 0 Å². The van der Waals surface area contributed by atoms with Crippen molar-refractivity contribution in [3.05, 3.63) is 12.5 Å². The van der Waals surface area contributed by atoms with Crippen molar-refractivity contribution in [1.82, 2.24) is 14.3 Å². The van der Waals surface area contributed by atoms with E-state index in [0.29, 0.717) is 12.8 Å². The SMILES string of the molecule is CCC(N)(CC)CNS(=O)(=O)c1cn(C)cn1. The minimum atomic E-state index is -3.55. The first-order chi connectivity index (χ1) is 7.83. The molecule has 1 aromatic rings. The van der Waals surface area contributed by atoms with Crippen LogP contribution in [0.3, 0.4) is 0 Å². The van der Waals surface area contributed by atoms with E-state index in [2.05, 4.69) is 9.71 Å². The van der Waals surface area contributed by atoms with Gasteiger partial charge in [0, 0.05) is 25.3 Å². The Morgan fingerprint density at radius 1 is 1.47 bits per heavy atom. The third-order valence-corrected chi connectivity index (χ3v) is 4.26. The fourth-order valence-corrected chi connectivity index (χ4v) is 2.46. The van der Waals surface area contributed by atoms with Crippen LogP contribution in [0.15, 0.2) is 17.6 Å². The lowest BCUT2D eigenvalue weighted by atomic mass is 9.95. The molecule has 0 aliphatic rings. The minimum absolute atomic E-state index is 0.0227. The summed E-state index contributed by atoms with van der Waals surface area (Å²) in [6.45, 7) is 4.11. The van der Waals surface area contributed by atoms with E-state index in [9.17, 15) is 8.42 Å². The Morgan fingerprint density at radius 2 is 2.06 bits per heavy atom. The number of nitrogens with two attached hydrogens (primary N) is 1. The first-order valence-electron chi connectivity index (χ1n) is 5.59. The smallest absolute Gasteiger partial charge is 0.259 e. The van der Waals surface area contributed by atoms with E-state index in [0.717, 1.165) is 0 Å². The molecule has 1 rings (SSSR count). The Hall–Kier alpha value is -0.920. The van der Waals surface area contributed by atoms with Gasteiger partial charge in [-0.1, -0.05) is 13.8 Å². The highest BCUT2D eigenvalue weighted by molar-refractivity contribution is 7.89. The minimum Gasteiger partial charge on any atom is -0.339 e. The summed E-state index contributed by atoms with van der Waals surface area (Å²) in [7, 11) is -1.84. The van der Waals surface area contributed by atoms with Gasteiger partial charge in [0.2, 0.25) is 0 Å². The Labute approximate surface area is 102 Å². The molecule has 0 aliphatic carbocycles. The van der Waals surface area contributed by atoms with E-state index >= 15 is 0 Å². The van der Waals surface area contributed by atoms with E-state index in [4.69, 9.17) is 5.73 Å². The standard InChI is InChI=1S/C10H20N4O2S/c1-4-10(11,5-2)7-13-17(15,16)9-6-14(3)8-12-9/h6,8,13H,4-5,7,11H2,1-3H3. The molecule has 0 amide bonds. The van der Waals surface area contributed by atoms with Crippen molar-refractivity contribution in [3.8, 4) is 0 Å². The van der Waals surface area contributed by atoms with Gasteiger partial charge in [-0.15, -0.1) is 0 Å². The number of hydrogen-bond acceptors (Lipinski definition) is 4. The predicted octanol–water partition coefficient (Wildman–Crippen LogP) is 0.216. The van der Waals surface area contributed by atoms with E-state index < -0.39 is 15.6 Å². The number of aromatic nitrogens is 2. The van der Waals surface area contributed by atoms with Crippen molar-refractivity contribution in [2.45, 2.75) is 37.3 Å². The molecule has 0 unspecified atom stereocenters. The molecule has 0 spiro atoms. The molecule has 0 saturated carbocycles. The van der Waals surface area contributed by atoms with Crippen molar-refractivity contribution >= 4 is 10.0 Å². The quantitative estimate of drug-likeness (QED) is 0.765. The maximum Gasteiger partial charge on any atom is 0.259 e. The Morgan fingerprint density at radius 3 is 2.47 bits per heavy atom. The van der Waals surface area contributed by atoms with E-state index in [-0.39, 0.29) is 11.6 Å². The second-order valence-corrected chi connectivity index (χ2v) is 5.99. The second kappa shape index (κ2) is 5.16. The van der Waals surface area contributed by atoms with Crippen LogP contribution in [0.25, 0.3) is 0 Å². The monoisotopic (exact) mass is 260 g/mol. The predicted molar refractivity (Wildman–Crippen MR) is 65.9 cm³/mol. The molecule has 1 heterocycles. The highest BCUT2D eigenvalue weighted by Gasteiger charge is 2.24. The summed E-state index contributed by atoms with van der Waals surface area (Å²) in [5.74, 6) is 0. The Bertz CT molecular complexity index is 462. The van der Waals surface area contributed by atoms with Gasteiger partial charge in [0.25, 0.3) is 10.0 Å². The zero-order valence-electron chi connectivity index (χ0n) is 10.5. The number of hydrogen-bond donors (Lipinski definition) is 2. The van der Waals surface area contributed by atoms with Gasteiger partial charge in [0.15, 0.2) is 5.03 Å². The van der Waals surface area contributed by atoms with Crippen LogP contribution in [0.1, 0.15) is 26.7 Å². The van der Waals surface area contributed by atoms with Crippen LogP contribution in [0, 0.1) is 0 Å². The maximum absolute atomic E-state index is 11.9. The van der Waals surface area contributed by atoms with Gasteiger partial charge < -0.3 is 10.3 Å².